The highest BCUT2D eigenvalue weighted by Gasteiger charge is 2.19. The molecule has 0 amide bonds. The quantitative estimate of drug-likeness (QED) is 0.0262. The number of esters is 3. The molecule has 0 aliphatic rings. The number of hydrogen-bond acceptors (Lipinski definition) is 6. The third-order valence-electron chi connectivity index (χ3n) is 11.6. The highest BCUT2D eigenvalue weighted by atomic mass is 16.6. The smallest absolute Gasteiger partial charge is 0.306 e. The maximum absolute atomic E-state index is 12.8. The predicted molar refractivity (Wildman–Crippen MR) is 284 cm³/mol. The second kappa shape index (κ2) is 54.2. The van der Waals surface area contributed by atoms with Crippen LogP contribution < -0.4 is 0 Å². The van der Waals surface area contributed by atoms with Crippen LogP contribution in [0, 0.1) is 0 Å². The number of carbonyl (C=O) groups excluding carboxylic acids is 3. The van der Waals surface area contributed by atoms with Crippen molar-refractivity contribution in [3.8, 4) is 0 Å². The molecule has 0 aliphatic carbocycles. The molecule has 0 radical (unpaired) electrons. The average Bonchev–Trinajstić information content (AvgIpc) is 3.31. The molecule has 0 saturated carbocycles. The Morgan fingerprint density at radius 2 is 0.591 bits per heavy atom. The van der Waals surface area contributed by atoms with Gasteiger partial charge >= 0.3 is 17.9 Å². The number of rotatable bonds is 49. The molecular formula is C60H102O6. The van der Waals surface area contributed by atoms with E-state index in [-0.39, 0.29) is 31.1 Å². The molecule has 0 saturated heterocycles. The maximum atomic E-state index is 12.8. The Hall–Kier alpha value is -3.41. The van der Waals surface area contributed by atoms with E-state index in [0.717, 1.165) is 109 Å². The third kappa shape index (κ3) is 51.6. The Labute approximate surface area is 407 Å². The summed E-state index contributed by atoms with van der Waals surface area (Å²) in [7, 11) is 0. The molecule has 0 fully saturated rings. The molecule has 0 aromatic rings. The molecule has 0 rings (SSSR count). The van der Waals surface area contributed by atoms with Crippen LogP contribution in [-0.2, 0) is 28.6 Å². The second-order valence-corrected chi connectivity index (χ2v) is 18.1. The minimum Gasteiger partial charge on any atom is -0.462 e. The van der Waals surface area contributed by atoms with Gasteiger partial charge in [-0.2, -0.15) is 0 Å². The Morgan fingerprint density at radius 1 is 0.318 bits per heavy atom. The van der Waals surface area contributed by atoms with Crippen molar-refractivity contribution in [3.63, 3.8) is 0 Å². The fraction of sp³-hybridized carbons (Fsp3) is 0.717. The number of allylic oxidation sites excluding steroid dienone is 14. The summed E-state index contributed by atoms with van der Waals surface area (Å²) in [6.07, 6.45) is 69.9. The minimum atomic E-state index is -0.797. The Morgan fingerprint density at radius 3 is 0.970 bits per heavy atom. The Balaban J connectivity index is 4.43. The summed E-state index contributed by atoms with van der Waals surface area (Å²) in [5.41, 5.74) is 0. The van der Waals surface area contributed by atoms with E-state index in [1.165, 1.54) is 109 Å². The molecule has 6 heteroatoms. The molecule has 0 heterocycles. The SMILES string of the molecule is CC/C=C\C/C=C\C/C=C\CCCCCC(=O)OCC(COC(=O)CCCCCCCCC/C=C\C/C=C\CCCCCC)OC(=O)CCCCCCCCC/C=C\C/C=C\CCCCC. The average molecular weight is 919 g/mol. The first kappa shape index (κ1) is 62.6. The summed E-state index contributed by atoms with van der Waals surface area (Å²) < 4.78 is 16.8. The van der Waals surface area contributed by atoms with Crippen molar-refractivity contribution < 1.29 is 28.6 Å². The molecule has 0 aliphatic heterocycles. The van der Waals surface area contributed by atoms with Crippen LogP contribution in [0.4, 0.5) is 0 Å². The van der Waals surface area contributed by atoms with Crippen molar-refractivity contribution in [1.82, 2.24) is 0 Å². The van der Waals surface area contributed by atoms with Gasteiger partial charge in [-0.05, 0) is 116 Å². The van der Waals surface area contributed by atoms with Crippen molar-refractivity contribution in [2.24, 2.45) is 0 Å². The molecule has 1 unspecified atom stereocenters. The van der Waals surface area contributed by atoms with Crippen LogP contribution in [0.3, 0.4) is 0 Å². The van der Waals surface area contributed by atoms with Gasteiger partial charge in [-0.1, -0.05) is 209 Å². The van der Waals surface area contributed by atoms with Crippen molar-refractivity contribution in [2.75, 3.05) is 13.2 Å². The van der Waals surface area contributed by atoms with Gasteiger partial charge in [-0.15, -0.1) is 0 Å². The van der Waals surface area contributed by atoms with Crippen LogP contribution in [0.15, 0.2) is 85.1 Å². The first-order chi connectivity index (χ1) is 32.5. The molecule has 66 heavy (non-hydrogen) atoms. The first-order valence-electron chi connectivity index (χ1n) is 27.6. The van der Waals surface area contributed by atoms with Gasteiger partial charge in [0.25, 0.3) is 0 Å². The van der Waals surface area contributed by atoms with Crippen LogP contribution in [-0.4, -0.2) is 37.2 Å². The van der Waals surface area contributed by atoms with Gasteiger partial charge in [0.1, 0.15) is 13.2 Å². The van der Waals surface area contributed by atoms with Crippen LogP contribution >= 0.6 is 0 Å². The van der Waals surface area contributed by atoms with Gasteiger partial charge in [0.05, 0.1) is 0 Å². The number of carbonyl (C=O) groups is 3. The zero-order chi connectivity index (χ0) is 47.9. The normalized spacial score (nSPS) is 12.7. The lowest BCUT2D eigenvalue weighted by Crippen LogP contribution is -2.30. The molecule has 0 N–H and O–H groups in total. The van der Waals surface area contributed by atoms with Crippen molar-refractivity contribution in [3.05, 3.63) is 85.1 Å². The van der Waals surface area contributed by atoms with Crippen LogP contribution in [0.2, 0.25) is 0 Å². The van der Waals surface area contributed by atoms with E-state index in [1.54, 1.807) is 0 Å². The zero-order valence-corrected chi connectivity index (χ0v) is 43.2. The largest absolute Gasteiger partial charge is 0.462 e. The van der Waals surface area contributed by atoms with Crippen LogP contribution in [0.1, 0.15) is 258 Å². The lowest BCUT2D eigenvalue weighted by Gasteiger charge is -2.18. The summed E-state index contributed by atoms with van der Waals surface area (Å²) in [5, 5.41) is 0. The van der Waals surface area contributed by atoms with E-state index in [1.807, 2.05) is 0 Å². The Kier molecular flexibility index (Phi) is 51.4. The molecule has 6 nitrogen and oxygen atoms in total. The lowest BCUT2D eigenvalue weighted by atomic mass is 10.1. The summed E-state index contributed by atoms with van der Waals surface area (Å²) in [6.45, 7) is 6.45. The fourth-order valence-electron chi connectivity index (χ4n) is 7.46. The highest BCUT2D eigenvalue weighted by molar-refractivity contribution is 5.71. The molecule has 378 valence electrons. The zero-order valence-electron chi connectivity index (χ0n) is 43.2. The predicted octanol–water partition coefficient (Wildman–Crippen LogP) is 18.4. The second-order valence-electron chi connectivity index (χ2n) is 18.1. The highest BCUT2D eigenvalue weighted by Crippen LogP contribution is 2.14. The third-order valence-corrected chi connectivity index (χ3v) is 11.6. The van der Waals surface area contributed by atoms with E-state index in [0.29, 0.717) is 19.3 Å². The number of hydrogen-bond donors (Lipinski definition) is 0. The summed E-state index contributed by atoms with van der Waals surface area (Å²) >= 11 is 0. The standard InChI is InChI=1S/C60H102O6/c1-4-7-10-13-16-19-22-25-27-29-31-32-35-38-41-44-47-50-53-59(62)65-56-57(55-64-58(61)52-49-46-43-40-37-34-24-21-18-15-12-9-6-3)66-60(63)54-51-48-45-42-39-36-33-30-28-26-23-20-17-14-11-8-5-2/h9,12,17-22,26-29,34,37,57H,4-8,10-11,13-16,23-25,30-33,35-36,38-56H2,1-3H3/b12-9-,20-17-,21-18-,22-19-,28-26-,29-27-,37-34-. The van der Waals surface area contributed by atoms with Crippen molar-refractivity contribution in [1.29, 1.82) is 0 Å². The van der Waals surface area contributed by atoms with E-state index < -0.39 is 6.10 Å². The monoisotopic (exact) mass is 919 g/mol. The van der Waals surface area contributed by atoms with Gasteiger partial charge in [-0.3, -0.25) is 14.4 Å². The summed E-state index contributed by atoms with van der Waals surface area (Å²) in [6, 6.07) is 0. The Bertz CT molecular complexity index is 1290. The van der Waals surface area contributed by atoms with Crippen LogP contribution in [0.5, 0.6) is 0 Å². The van der Waals surface area contributed by atoms with E-state index in [9.17, 15) is 14.4 Å². The fourth-order valence-corrected chi connectivity index (χ4v) is 7.46. The van der Waals surface area contributed by atoms with Crippen molar-refractivity contribution in [2.45, 2.75) is 264 Å². The minimum absolute atomic E-state index is 0.0937. The first-order valence-corrected chi connectivity index (χ1v) is 27.6. The molecule has 0 aromatic carbocycles. The topological polar surface area (TPSA) is 78.9 Å². The summed E-state index contributed by atoms with van der Waals surface area (Å²) in [5.74, 6) is -0.937. The molecule has 0 bridgehead atoms. The van der Waals surface area contributed by atoms with Crippen molar-refractivity contribution >= 4 is 17.9 Å². The molecular weight excluding hydrogens is 817 g/mol. The van der Waals surface area contributed by atoms with Gasteiger partial charge < -0.3 is 14.2 Å². The number of unbranched alkanes of at least 4 members (excludes halogenated alkanes) is 24. The molecule has 0 spiro atoms. The van der Waals surface area contributed by atoms with Gasteiger partial charge in [0.15, 0.2) is 6.10 Å². The molecule has 1 atom stereocenters. The molecule has 0 aromatic heterocycles. The van der Waals surface area contributed by atoms with Crippen LogP contribution in [0.25, 0.3) is 0 Å². The summed E-state index contributed by atoms with van der Waals surface area (Å²) in [4.78, 5) is 38.1. The van der Waals surface area contributed by atoms with Gasteiger partial charge in [0.2, 0.25) is 0 Å². The lowest BCUT2D eigenvalue weighted by molar-refractivity contribution is -0.167. The van der Waals surface area contributed by atoms with Gasteiger partial charge in [-0.25, -0.2) is 0 Å². The van der Waals surface area contributed by atoms with Gasteiger partial charge in [0, 0.05) is 19.3 Å². The van der Waals surface area contributed by atoms with E-state index >= 15 is 0 Å². The van der Waals surface area contributed by atoms with E-state index in [4.69, 9.17) is 14.2 Å². The van der Waals surface area contributed by atoms with E-state index in [2.05, 4.69) is 106 Å². The number of ether oxygens (including phenoxy) is 3. The maximum Gasteiger partial charge on any atom is 0.306 e.